The molecule has 0 aliphatic rings. The largest absolute Gasteiger partial charge is 0.389 e. The summed E-state index contributed by atoms with van der Waals surface area (Å²) >= 11 is 0. The molecule has 2 N–H and O–H groups in total. The lowest BCUT2D eigenvalue weighted by atomic mass is 10.2. The van der Waals surface area contributed by atoms with Gasteiger partial charge in [-0.05, 0) is 30.3 Å². The first-order chi connectivity index (χ1) is 9.70. The number of carbonyl (C=O) groups is 1. The van der Waals surface area contributed by atoms with Crippen molar-refractivity contribution in [2.45, 2.75) is 6.10 Å². The van der Waals surface area contributed by atoms with Crippen LogP contribution in [0.3, 0.4) is 0 Å². The van der Waals surface area contributed by atoms with Gasteiger partial charge >= 0.3 is 0 Å². The number of aliphatic hydroxyl groups is 1. The molecule has 1 heterocycles. The fourth-order valence-corrected chi connectivity index (χ4v) is 1.75. The summed E-state index contributed by atoms with van der Waals surface area (Å²) in [5.74, 6) is -0.229. The first-order valence-electron chi connectivity index (χ1n) is 6.26. The van der Waals surface area contributed by atoms with E-state index in [1.165, 1.54) is 7.11 Å². The molecule has 106 valence electrons. The van der Waals surface area contributed by atoms with E-state index < -0.39 is 6.10 Å². The number of carbonyl (C=O) groups excluding carboxylic acids is 1. The minimum Gasteiger partial charge on any atom is -0.389 e. The van der Waals surface area contributed by atoms with E-state index in [1.807, 2.05) is 24.4 Å². The number of aromatic nitrogens is 2. The third kappa shape index (κ3) is 3.66. The first kappa shape index (κ1) is 14.2. The molecule has 1 aromatic heterocycles. The summed E-state index contributed by atoms with van der Waals surface area (Å²) in [7, 11) is 1.50. The van der Waals surface area contributed by atoms with Gasteiger partial charge in [0.1, 0.15) is 0 Å². The number of hydrogen-bond acceptors (Lipinski definition) is 4. The maximum Gasteiger partial charge on any atom is 0.251 e. The van der Waals surface area contributed by atoms with Crippen molar-refractivity contribution in [2.75, 3.05) is 20.3 Å². The van der Waals surface area contributed by atoms with Gasteiger partial charge in [-0.1, -0.05) is 0 Å². The van der Waals surface area contributed by atoms with Crippen molar-refractivity contribution < 1.29 is 14.6 Å². The molecule has 20 heavy (non-hydrogen) atoms. The summed E-state index contributed by atoms with van der Waals surface area (Å²) in [4.78, 5) is 11.9. The number of amides is 1. The van der Waals surface area contributed by atoms with Gasteiger partial charge in [-0.15, -0.1) is 0 Å². The number of methoxy groups -OCH3 is 1. The molecule has 0 fully saturated rings. The number of ether oxygens (including phenoxy) is 1. The third-order valence-electron chi connectivity index (χ3n) is 2.76. The normalized spacial score (nSPS) is 12.1. The minimum absolute atomic E-state index is 0.160. The van der Waals surface area contributed by atoms with Crippen molar-refractivity contribution in [1.82, 2.24) is 15.1 Å². The number of rotatable bonds is 6. The Morgan fingerprint density at radius 1 is 1.45 bits per heavy atom. The molecule has 6 nitrogen and oxygen atoms in total. The second-order valence-electron chi connectivity index (χ2n) is 4.32. The molecule has 2 rings (SSSR count). The minimum atomic E-state index is -0.702. The highest BCUT2D eigenvalue weighted by Crippen LogP contribution is 2.08. The van der Waals surface area contributed by atoms with Crippen molar-refractivity contribution in [3.8, 4) is 5.69 Å². The van der Waals surface area contributed by atoms with Crippen LogP contribution in [0.2, 0.25) is 0 Å². The molecular formula is C14H17N3O3. The fraction of sp³-hybridized carbons (Fsp3) is 0.286. The highest BCUT2D eigenvalue weighted by atomic mass is 16.5. The molecule has 1 aromatic carbocycles. The van der Waals surface area contributed by atoms with Crippen molar-refractivity contribution in [3.05, 3.63) is 48.3 Å². The van der Waals surface area contributed by atoms with Gasteiger partial charge in [-0.25, -0.2) is 4.68 Å². The van der Waals surface area contributed by atoms with E-state index in [-0.39, 0.29) is 19.1 Å². The number of hydrogen-bond donors (Lipinski definition) is 2. The summed E-state index contributed by atoms with van der Waals surface area (Å²) < 4.78 is 6.50. The molecule has 0 aliphatic heterocycles. The van der Waals surface area contributed by atoms with Gasteiger partial charge in [0.2, 0.25) is 0 Å². The van der Waals surface area contributed by atoms with E-state index >= 15 is 0 Å². The molecule has 0 radical (unpaired) electrons. The average Bonchev–Trinajstić information content (AvgIpc) is 2.99. The molecule has 0 bridgehead atoms. The molecule has 1 atom stereocenters. The van der Waals surface area contributed by atoms with E-state index in [0.717, 1.165) is 5.69 Å². The summed E-state index contributed by atoms with van der Waals surface area (Å²) in [5.41, 5.74) is 1.41. The van der Waals surface area contributed by atoms with Gasteiger partial charge in [0.15, 0.2) is 0 Å². The standard InChI is InChI=1S/C14H17N3O3/c1-20-10-13(18)9-15-14(19)11-3-5-12(6-4-11)17-8-2-7-16-17/h2-8,13,18H,9-10H2,1H3,(H,15,19). The average molecular weight is 275 g/mol. The van der Waals surface area contributed by atoms with Gasteiger partial charge in [-0.2, -0.15) is 5.10 Å². The Bertz CT molecular complexity index is 537. The number of nitrogens with zero attached hydrogens (tertiary/aromatic N) is 2. The van der Waals surface area contributed by atoms with Crippen LogP contribution in [-0.4, -0.2) is 47.2 Å². The molecular weight excluding hydrogens is 258 g/mol. The van der Waals surface area contributed by atoms with Crippen LogP contribution >= 0.6 is 0 Å². The molecule has 1 amide bonds. The van der Waals surface area contributed by atoms with E-state index in [4.69, 9.17) is 4.74 Å². The molecule has 0 aliphatic carbocycles. The van der Waals surface area contributed by atoms with Crippen LogP contribution in [0.25, 0.3) is 5.69 Å². The Balaban J connectivity index is 1.94. The Kier molecular flexibility index (Phi) is 4.86. The maximum absolute atomic E-state index is 11.9. The highest BCUT2D eigenvalue weighted by Gasteiger charge is 2.09. The van der Waals surface area contributed by atoms with Gasteiger partial charge < -0.3 is 15.2 Å². The van der Waals surface area contributed by atoms with E-state index in [1.54, 1.807) is 23.0 Å². The lowest BCUT2D eigenvalue weighted by molar-refractivity contribution is 0.0610. The molecule has 2 aromatic rings. The monoisotopic (exact) mass is 275 g/mol. The molecule has 6 heteroatoms. The van der Waals surface area contributed by atoms with Crippen LogP contribution in [-0.2, 0) is 4.74 Å². The van der Waals surface area contributed by atoms with E-state index in [2.05, 4.69) is 10.4 Å². The van der Waals surface area contributed by atoms with Crippen molar-refractivity contribution >= 4 is 5.91 Å². The van der Waals surface area contributed by atoms with Gasteiger partial charge in [0.25, 0.3) is 5.91 Å². The van der Waals surface area contributed by atoms with Gasteiger partial charge in [0.05, 0.1) is 18.4 Å². The van der Waals surface area contributed by atoms with Crippen molar-refractivity contribution in [2.24, 2.45) is 0 Å². The lowest BCUT2D eigenvalue weighted by Crippen LogP contribution is -2.34. The second kappa shape index (κ2) is 6.83. The van der Waals surface area contributed by atoms with E-state index in [0.29, 0.717) is 5.56 Å². The summed E-state index contributed by atoms with van der Waals surface area (Å²) in [5, 5.41) is 16.2. The zero-order chi connectivity index (χ0) is 14.4. The highest BCUT2D eigenvalue weighted by molar-refractivity contribution is 5.94. The van der Waals surface area contributed by atoms with Crippen molar-refractivity contribution in [1.29, 1.82) is 0 Å². The van der Waals surface area contributed by atoms with Crippen LogP contribution in [0.15, 0.2) is 42.7 Å². The molecule has 0 saturated heterocycles. The fourth-order valence-electron chi connectivity index (χ4n) is 1.75. The zero-order valence-electron chi connectivity index (χ0n) is 11.2. The van der Waals surface area contributed by atoms with Crippen LogP contribution in [0.5, 0.6) is 0 Å². The Labute approximate surface area is 117 Å². The Hall–Kier alpha value is -2.18. The SMILES string of the molecule is COCC(O)CNC(=O)c1ccc(-n2cccn2)cc1. The summed E-state index contributed by atoms with van der Waals surface area (Å²) in [6, 6.07) is 8.89. The quantitative estimate of drug-likeness (QED) is 0.810. The second-order valence-corrected chi connectivity index (χ2v) is 4.32. The number of benzene rings is 1. The number of nitrogens with one attached hydrogen (secondary N) is 1. The first-order valence-corrected chi connectivity index (χ1v) is 6.26. The third-order valence-corrected chi connectivity index (χ3v) is 2.76. The van der Waals surface area contributed by atoms with Crippen LogP contribution in [0, 0.1) is 0 Å². The molecule has 1 unspecified atom stereocenters. The van der Waals surface area contributed by atoms with Crippen molar-refractivity contribution in [3.63, 3.8) is 0 Å². The van der Waals surface area contributed by atoms with Gasteiger partial charge in [-0.3, -0.25) is 4.79 Å². The summed E-state index contributed by atoms with van der Waals surface area (Å²) in [6.07, 6.45) is 2.82. The van der Waals surface area contributed by atoms with Gasteiger partial charge in [0, 0.05) is 31.6 Å². The predicted octanol–water partition coefficient (Wildman–Crippen LogP) is 0.609. The van der Waals surface area contributed by atoms with E-state index in [9.17, 15) is 9.90 Å². The predicted molar refractivity (Wildman–Crippen MR) is 73.8 cm³/mol. The summed E-state index contributed by atoms with van der Waals surface area (Å²) in [6.45, 7) is 0.353. The smallest absolute Gasteiger partial charge is 0.251 e. The van der Waals surface area contributed by atoms with Crippen LogP contribution in [0.1, 0.15) is 10.4 Å². The van der Waals surface area contributed by atoms with Crippen LogP contribution in [0.4, 0.5) is 0 Å². The molecule has 0 saturated carbocycles. The zero-order valence-corrected chi connectivity index (χ0v) is 11.2. The van der Waals surface area contributed by atoms with Crippen LogP contribution < -0.4 is 5.32 Å². The molecule has 0 spiro atoms. The topological polar surface area (TPSA) is 76.4 Å². The maximum atomic E-state index is 11.9. The number of aliphatic hydroxyl groups excluding tert-OH is 1. The Morgan fingerprint density at radius 2 is 2.20 bits per heavy atom. The lowest BCUT2D eigenvalue weighted by Gasteiger charge is -2.11. The Morgan fingerprint density at radius 3 is 2.80 bits per heavy atom.